The molecule has 0 aliphatic heterocycles. The van der Waals surface area contributed by atoms with Gasteiger partial charge in [-0.2, -0.15) is 10.4 Å². The topological polar surface area (TPSA) is 129 Å². The van der Waals surface area contributed by atoms with Crippen LogP contribution in [0.5, 0.6) is 0 Å². The van der Waals surface area contributed by atoms with Crippen LogP contribution < -0.4 is 11.0 Å². The number of carboxylic acids is 1. The lowest BCUT2D eigenvalue weighted by Gasteiger charge is -2.07. The molecule has 0 saturated carbocycles. The molecule has 1 heterocycles. The predicted octanol–water partition coefficient (Wildman–Crippen LogP) is 2.36. The molecule has 0 aliphatic rings. The van der Waals surface area contributed by atoms with E-state index in [9.17, 15) is 24.8 Å². The van der Waals surface area contributed by atoms with Crippen LogP contribution in [0, 0.1) is 18.3 Å². The van der Waals surface area contributed by atoms with E-state index >= 15 is 0 Å². The van der Waals surface area contributed by atoms with Crippen LogP contribution in [0.4, 0.5) is 5.69 Å². The van der Waals surface area contributed by atoms with Gasteiger partial charge in [-0.15, -0.1) is 0 Å². The van der Waals surface area contributed by atoms with Gasteiger partial charge in [0.15, 0.2) is 0 Å². The third-order valence-corrected chi connectivity index (χ3v) is 4.55. The highest BCUT2D eigenvalue weighted by Crippen LogP contribution is 2.15. The fourth-order valence-electron chi connectivity index (χ4n) is 2.96. The Kier molecular flexibility index (Phi) is 5.60. The number of carbonyl (C=O) groups is 2. The van der Waals surface area contributed by atoms with Crippen LogP contribution in [0.2, 0.25) is 0 Å². The maximum atomic E-state index is 12.9. The highest BCUT2D eigenvalue weighted by Gasteiger charge is 2.26. The first-order chi connectivity index (χ1) is 14.4. The number of carboxylic acid groups (broad SMARTS) is 1. The van der Waals surface area contributed by atoms with Crippen LogP contribution in [0.25, 0.3) is 5.69 Å². The Bertz CT molecular complexity index is 1260. The third kappa shape index (κ3) is 3.62. The van der Waals surface area contributed by atoms with E-state index in [4.69, 9.17) is 0 Å². The van der Waals surface area contributed by atoms with E-state index in [1.54, 1.807) is 56.4 Å². The molecular formula is C21H17N5O4. The van der Waals surface area contributed by atoms with E-state index in [1.807, 2.05) is 0 Å². The maximum absolute atomic E-state index is 12.9. The molecule has 150 valence electrons. The van der Waals surface area contributed by atoms with Crippen molar-refractivity contribution in [1.82, 2.24) is 9.36 Å². The predicted molar refractivity (Wildman–Crippen MR) is 110 cm³/mol. The van der Waals surface area contributed by atoms with Crippen molar-refractivity contribution in [3.63, 3.8) is 0 Å². The zero-order valence-corrected chi connectivity index (χ0v) is 16.2. The molecule has 0 fully saturated rings. The number of hydrogen-bond acceptors (Lipinski definition) is 6. The van der Waals surface area contributed by atoms with Crippen LogP contribution in [0.15, 0.2) is 64.5 Å². The second-order valence-electron chi connectivity index (χ2n) is 6.30. The molecule has 30 heavy (non-hydrogen) atoms. The molecule has 9 nitrogen and oxygen atoms in total. The Morgan fingerprint density at radius 2 is 1.73 bits per heavy atom. The van der Waals surface area contributed by atoms with Crippen LogP contribution in [-0.4, -0.2) is 31.9 Å². The van der Waals surface area contributed by atoms with E-state index in [0.29, 0.717) is 11.4 Å². The fraction of sp³-hybridized carbons (Fsp3) is 0.0952. The van der Waals surface area contributed by atoms with Gasteiger partial charge in [0.2, 0.25) is 11.5 Å². The maximum Gasteiger partial charge on any atom is 0.337 e. The van der Waals surface area contributed by atoms with Crippen LogP contribution in [0.1, 0.15) is 26.4 Å². The number of Topliss-reactive ketones (excluding diaryl/α,β-unsaturated/α-hetero) is 1. The van der Waals surface area contributed by atoms with Crippen molar-refractivity contribution in [3.8, 4) is 11.8 Å². The Balaban J connectivity index is 2.02. The summed E-state index contributed by atoms with van der Waals surface area (Å²) < 4.78 is 2.85. The number of aromatic carboxylic acids is 1. The molecule has 3 aromatic rings. The summed E-state index contributed by atoms with van der Waals surface area (Å²) in [5.41, 5.74) is 2.06. The SMILES string of the molecule is Cc1c(C(=O)/C(C#N)=N/Nc2ccccc2C(=O)O)c(=O)n(-c2ccccc2)n1C. The quantitative estimate of drug-likeness (QED) is 0.369. The number of para-hydroxylation sites is 2. The average Bonchev–Trinajstić information content (AvgIpc) is 2.97. The van der Waals surface area contributed by atoms with Crippen molar-refractivity contribution in [2.24, 2.45) is 12.1 Å². The molecule has 0 atom stereocenters. The minimum atomic E-state index is -1.19. The molecule has 0 radical (unpaired) electrons. The van der Waals surface area contributed by atoms with Gasteiger partial charge in [0.25, 0.3) is 5.56 Å². The van der Waals surface area contributed by atoms with E-state index < -0.39 is 23.0 Å². The number of nitriles is 1. The molecule has 0 spiro atoms. The molecule has 0 aliphatic carbocycles. The van der Waals surface area contributed by atoms with Crippen molar-refractivity contribution < 1.29 is 14.7 Å². The van der Waals surface area contributed by atoms with Gasteiger partial charge in [-0.05, 0) is 31.2 Å². The zero-order valence-electron chi connectivity index (χ0n) is 16.2. The summed E-state index contributed by atoms with van der Waals surface area (Å²) in [5, 5.41) is 22.4. The van der Waals surface area contributed by atoms with Gasteiger partial charge in [-0.3, -0.25) is 19.7 Å². The minimum absolute atomic E-state index is 0.0756. The molecule has 0 bridgehead atoms. The van der Waals surface area contributed by atoms with E-state index in [2.05, 4.69) is 10.5 Å². The number of benzene rings is 2. The number of nitrogens with zero attached hydrogens (tertiary/aromatic N) is 4. The standard InChI is InChI=1S/C21H17N5O4/c1-13-18(20(28)26(25(13)2)14-8-4-3-5-9-14)19(27)17(12-22)24-23-16-11-7-6-10-15(16)21(29)30/h3-11,23H,1-2H3,(H,29,30)/b24-17+. The molecule has 0 unspecified atom stereocenters. The molecule has 2 N–H and O–H groups in total. The number of rotatable bonds is 6. The molecule has 1 aromatic heterocycles. The van der Waals surface area contributed by atoms with Crippen molar-refractivity contribution >= 4 is 23.2 Å². The van der Waals surface area contributed by atoms with Crippen LogP contribution in [0.3, 0.4) is 0 Å². The highest BCUT2D eigenvalue weighted by molar-refractivity contribution is 6.51. The summed E-state index contributed by atoms with van der Waals surface area (Å²) in [6.07, 6.45) is 0. The largest absolute Gasteiger partial charge is 0.478 e. The second kappa shape index (κ2) is 8.28. The second-order valence-corrected chi connectivity index (χ2v) is 6.30. The van der Waals surface area contributed by atoms with Gasteiger partial charge in [0, 0.05) is 12.7 Å². The summed E-state index contributed by atoms with van der Waals surface area (Å²) >= 11 is 0. The lowest BCUT2D eigenvalue weighted by atomic mass is 10.1. The van der Waals surface area contributed by atoms with Crippen LogP contribution >= 0.6 is 0 Å². The first-order valence-corrected chi connectivity index (χ1v) is 8.81. The van der Waals surface area contributed by atoms with Gasteiger partial charge in [-0.25, -0.2) is 9.48 Å². The Morgan fingerprint density at radius 1 is 1.10 bits per heavy atom. The summed E-state index contributed by atoms with van der Waals surface area (Å²) in [4.78, 5) is 37.2. The van der Waals surface area contributed by atoms with Gasteiger partial charge in [0.05, 0.1) is 16.9 Å². The summed E-state index contributed by atoms with van der Waals surface area (Å²) in [7, 11) is 1.63. The van der Waals surface area contributed by atoms with Gasteiger partial charge in [0.1, 0.15) is 11.6 Å². The van der Waals surface area contributed by atoms with E-state index in [0.717, 1.165) is 0 Å². The summed E-state index contributed by atoms with van der Waals surface area (Å²) in [6.45, 7) is 1.59. The summed E-state index contributed by atoms with van der Waals surface area (Å²) in [5.74, 6) is -2.05. The van der Waals surface area contributed by atoms with Crippen LogP contribution in [-0.2, 0) is 7.05 Å². The zero-order chi connectivity index (χ0) is 21.8. The third-order valence-electron chi connectivity index (χ3n) is 4.55. The Labute approximate surface area is 171 Å². The molecule has 9 heteroatoms. The Hall–Kier alpha value is -4.45. The van der Waals surface area contributed by atoms with Gasteiger partial charge in [-0.1, -0.05) is 30.3 Å². The Morgan fingerprint density at radius 3 is 2.37 bits per heavy atom. The molecule has 3 rings (SSSR count). The lowest BCUT2D eigenvalue weighted by molar-refractivity contribution is 0.0697. The molecule has 0 saturated heterocycles. The van der Waals surface area contributed by atoms with Crippen molar-refractivity contribution in [2.75, 3.05) is 5.43 Å². The van der Waals surface area contributed by atoms with Crippen molar-refractivity contribution in [1.29, 1.82) is 5.26 Å². The number of hydrazone groups is 1. The number of hydrogen-bond donors (Lipinski definition) is 2. The number of aromatic nitrogens is 2. The first-order valence-electron chi connectivity index (χ1n) is 8.81. The highest BCUT2D eigenvalue weighted by atomic mass is 16.4. The van der Waals surface area contributed by atoms with Crippen molar-refractivity contribution in [3.05, 3.63) is 81.8 Å². The molecule has 2 aromatic carbocycles. The minimum Gasteiger partial charge on any atom is -0.478 e. The summed E-state index contributed by atoms with van der Waals surface area (Å²) in [6, 6.07) is 16.4. The van der Waals surface area contributed by atoms with E-state index in [-0.39, 0.29) is 16.8 Å². The number of carbonyl (C=O) groups excluding carboxylic acids is 1. The van der Waals surface area contributed by atoms with Crippen molar-refractivity contribution in [2.45, 2.75) is 6.92 Å². The lowest BCUT2D eigenvalue weighted by Crippen LogP contribution is -2.25. The van der Waals surface area contributed by atoms with E-state index in [1.165, 1.54) is 27.6 Å². The normalized spacial score (nSPS) is 11.0. The molecule has 0 amide bonds. The first kappa shape index (κ1) is 20.3. The number of anilines is 1. The monoisotopic (exact) mass is 403 g/mol. The fourth-order valence-corrected chi connectivity index (χ4v) is 2.96. The van der Waals surface area contributed by atoms with Gasteiger partial charge >= 0.3 is 5.97 Å². The smallest absolute Gasteiger partial charge is 0.337 e. The average molecular weight is 403 g/mol. The number of nitrogens with one attached hydrogen (secondary N) is 1. The molecular weight excluding hydrogens is 386 g/mol. The number of ketones is 1. The van der Waals surface area contributed by atoms with Gasteiger partial charge < -0.3 is 5.11 Å².